The number of carbonyl (C=O) groups excluding carboxylic acids is 3. The van der Waals surface area contributed by atoms with Crippen molar-refractivity contribution >= 4 is 18.1 Å². The van der Waals surface area contributed by atoms with Gasteiger partial charge in [0.2, 0.25) is 11.8 Å². The summed E-state index contributed by atoms with van der Waals surface area (Å²) in [6, 6.07) is -0.346. The van der Waals surface area contributed by atoms with Crippen molar-refractivity contribution < 1.29 is 14.4 Å². The number of carbonyl (C=O) groups is 3. The second kappa shape index (κ2) is 12.6. The minimum Gasteiger partial charge on any atom is -0.370 e. The Labute approximate surface area is 119 Å². The van der Waals surface area contributed by atoms with E-state index in [0.29, 0.717) is 32.5 Å². The summed E-state index contributed by atoms with van der Waals surface area (Å²) >= 11 is 0. The van der Waals surface area contributed by atoms with Crippen molar-refractivity contribution in [1.82, 2.24) is 10.6 Å². The van der Waals surface area contributed by atoms with Crippen LogP contribution in [0.15, 0.2) is 0 Å². The van der Waals surface area contributed by atoms with Crippen molar-refractivity contribution in [3.05, 3.63) is 0 Å². The van der Waals surface area contributed by atoms with E-state index in [1.165, 1.54) is 0 Å². The van der Waals surface area contributed by atoms with Gasteiger partial charge in [0.25, 0.3) is 0 Å². The highest BCUT2D eigenvalue weighted by atomic mass is 16.2. The van der Waals surface area contributed by atoms with Crippen LogP contribution in [0.4, 0.5) is 0 Å². The van der Waals surface area contributed by atoms with Crippen LogP contribution in [-0.4, -0.2) is 43.8 Å². The maximum Gasteiger partial charge on any atom is 0.219 e. The Balaban J connectivity index is 3.51. The van der Waals surface area contributed by atoms with E-state index in [-0.39, 0.29) is 18.4 Å². The van der Waals surface area contributed by atoms with Gasteiger partial charge in [0.05, 0.1) is 6.04 Å². The molecule has 7 nitrogen and oxygen atoms in total. The van der Waals surface area contributed by atoms with Gasteiger partial charge in [-0.1, -0.05) is 0 Å². The molecule has 0 spiro atoms. The van der Waals surface area contributed by atoms with Crippen LogP contribution in [0, 0.1) is 0 Å². The second-order valence-electron chi connectivity index (χ2n) is 4.65. The van der Waals surface area contributed by atoms with E-state index in [0.717, 1.165) is 25.5 Å². The Morgan fingerprint density at radius 2 is 1.85 bits per heavy atom. The molecule has 0 saturated carbocycles. The first kappa shape index (κ1) is 18.5. The number of unbranched alkanes of at least 4 members (excludes halogenated alkanes) is 1. The smallest absolute Gasteiger partial charge is 0.219 e. The Morgan fingerprint density at radius 1 is 1.10 bits per heavy atom. The predicted octanol–water partition coefficient (Wildman–Crippen LogP) is -0.956. The van der Waals surface area contributed by atoms with Gasteiger partial charge < -0.3 is 26.9 Å². The van der Waals surface area contributed by atoms with Crippen LogP contribution in [0.1, 0.15) is 38.5 Å². The van der Waals surface area contributed by atoms with Crippen molar-refractivity contribution in [2.24, 2.45) is 11.5 Å². The lowest BCUT2D eigenvalue weighted by Crippen LogP contribution is -2.32. The molecule has 0 radical (unpaired) electrons. The Bertz CT molecular complexity index is 297. The number of aldehydes is 1. The second-order valence-corrected chi connectivity index (χ2v) is 4.65. The highest BCUT2D eigenvalue weighted by molar-refractivity contribution is 5.75. The summed E-state index contributed by atoms with van der Waals surface area (Å²) in [5, 5.41) is 5.81. The van der Waals surface area contributed by atoms with E-state index in [1.54, 1.807) is 0 Å². The molecule has 0 saturated heterocycles. The third kappa shape index (κ3) is 11.6. The number of rotatable bonds is 13. The van der Waals surface area contributed by atoms with Gasteiger partial charge in [0, 0.05) is 19.4 Å². The molecular formula is C13H26N4O3. The fourth-order valence-corrected chi connectivity index (χ4v) is 1.63. The monoisotopic (exact) mass is 286 g/mol. The number of amides is 2. The van der Waals surface area contributed by atoms with Crippen LogP contribution in [0.25, 0.3) is 0 Å². The van der Waals surface area contributed by atoms with Gasteiger partial charge in [-0.2, -0.15) is 0 Å². The van der Waals surface area contributed by atoms with Crippen LogP contribution in [-0.2, 0) is 14.4 Å². The highest BCUT2D eigenvalue weighted by Crippen LogP contribution is 1.97. The van der Waals surface area contributed by atoms with Crippen molar-refractivity contribution in [2.75, 3.05) is 19.6 Å². The SMILES string of the molecule is NCCCNC(=O)CCCCN[C@H](C=O)CCC(N)=O. The molecule has 2 amide bonds. The van der Waals surface area contributed by atoms with Gasteiger partial charge in [-0.3, -0.25) is 9.59 Å². The number of hydrogen-bond acceptors (Lipinski definition) is 5. The molecule has 0 heterocycles. The Hall–Kier alpha value is -1.47. The summed E-state index contributed by atoms with van der Waals surface area (Å²) in [6.45, 7) is 1.83. The molecule has 0 rings (SSSR count). The summed E-state index contributed by atoms with van der Waals surface area (Å²) in [7, 11) is 0. The molecule has 0 aliphatic heterocycles. The van der Waals surface area contributed by atoms with Gasteiger partial charge in [-0.05, 0) is 38.8 Å². The molecule has 0 unspecified atom stereocenters. The average molecular weight is 286 g/mol. The first-order valence-electron chi connectivity index (χ1n) is 7.04. The fourth-order valence-electron chi connectivity index (χ4n) is 1.63. The molecular weight excluding hydrogens is 260 g/mol. The van der Waals surface area contributed by atoms with Gasteiger partial charge in [0.1, 0.15) is 6.29 Å². The quantitative estimate of drug-likeness (QED) is 0.256. The Kier molecular flexibility index (Phi) is 11.6. The molecule has 0 aromatic rings. The van der Waals surface area contributed by atoms with Crippen molar-refractivity contribution in [2.45, 2.75) is 44.6 Å². The maximum absolute atomic E-state index is 11.4. The van der Waals surface area contributed by atoms with E-state index in [2.05, 4.69) is 10.6 Å². The molecule has 0 aromatic carbocycles. The molecule has 0 aromatic heterocycles. The summed E-state index contributed by atoms with van der Waals surface area (Å²) in [4.78, 5) is 32.7. The molecule has 116 valence electrons. The largest absolute Gasteiger partial charge is 0.370 e. The number of nitrogens with two attached hydrogens (primary N) is 2. The zero-order valence-electron chi connectivity index (χ0n) is 11.9. The molecule has 0 fully saturated rings. The number of primary amides is 1. The van der Waals surface area contributed by atoms with Gasteiger partial charge >= 0.3 is 0 Å². The first-order chi connectivity index (χ1) is 9.60. The normalized spacial score (nSPS) is 11.8. The van der Waals surface area contributed by atoms with E-state index < -0.39 is 5.91 Å². The van der Waals surface area contributed by atoms with Crippen LogP contribution >= 0.6 is 0 Å². The van der Waals surface area contributed by atoms with E-state index in [4.69, 9.17) is 11.5 Å². The third-order valence-electron chi connectivity index (χ3n) is 2.81. The summed E-state index contributed by atoms with van der Waals surface area (Å²) < 4.78 is 0. The average Bonchev–Trinajstić information content (AvgIpc) is 2.42. The van der Waals surface area contributed by atoms with Gasteiger partial charge in [-0.25, -0.2) is 0 Å². The van der Waals surface area contributed by atoms with Crippen molar-refractivity contribution in [3.8, 4) is 0 Å². The maximum atomic E-state index is 11.4. The van der Waals surface area contributed by atoms with Gasteiger partial charge in [0.15, 0.2) is 0 Å². The zero-order chi connectivity index (χ0) is 15.2. The Morgan fingerprint density at radius 3 is 2.45 bits per heavy atom. The summed E-state index contributed by atoms with van der Waals surface area (Å²) in [5.41, 5.74) is 10.3. The molecule has 20 heavy (non-hydrogen) atoms. The molecule has 7 heteroatoms. The van der Waals surface area contributed by atoms with Crippen molar-refractivity contribution in [3.63, 3.8) is 0 Å². The predicted molar refractivity (Wildman–Crippen MR) is 76.8 cm³/mol. The first-order valence-corrected chi connectivity index (χ1v) is 7.04. The molecule has 6 N–H and O–H groups in total. The van der Waals surface area contributed by atoms with E-state index >= 15 is 0 Å². The molecule has 0 aliphatic rings. The summed E-state index contributed by atoms with van der Waals surface area (Å²) in [5.74, 6) is -0.382. The van der Waals surface area contributed by atoms with E-state index in [1.807, 2.05) is 0 Å². The van der Waals surface area contributed by atoms with Crippen molar-refractivity contribution in [1.29, 1.82) is 0 Å². The number of hydrogen-bond donors (Lipinski definition) is 4. The van der Waals surface area contributed by atoms with Crippen LogP contribution in [0.3, 0.4) is 0 Å². The fraction of sp³-hybridized carbons (Fsp3) is 0.769. The topological polar surface area (TPSA) is 127 Å². The highest BCUT2D eigenvalue weighted by Gasteiger charge is 2.08. The molecule has 0 bridgehead atoms. The number of nitrogens with one attached hydrogen (secondary N) is 2. The minimum absolute atomic E-state index is 0.0270. The molecule has 1 atom stereocenters. The standard InChI is InChI=1S/C13H26N4O3/c14-7-3-9-17-13(20)4-1-2-8-16-11(10-18)5-6-12(15)19/h10-11,16H,1-9,14H2,(H2,15,19)(H,17,20)/t11-/m0/s1. The summed E-state index contributed by atoms with van der Waals surface area (Å²) in [6.07, 6.45) is 4.20. The zero-order valence-corrected chi connectivity index (χ0v) is 11.9. The third-order valence-corrected chi connectivity index (χ3v) is 2.81. The van der Waals surface area contributed by atoms with E-state index in [9.17, 15) is 14.4 Å². The van der Waals surface area contributed by atoms with Crippen LogP contribution < -0.4 is 22.1 Å². The lowest BCUT2D eigenvalue weighted by atomic mass is 10.1. The minimum atomic E-state index is -0.409. The van der Waals surface area contributed by atoms with Crippen LogP contribution in [0.5, 0.6) is 0 Å². The molecule has 0 aliphatic carbocycles. The lowest BCUT2D eigenvalue weighted by molar-refractivity contribution is -0.121. The van der Waals surface area contributed by atoms with Crippen LogP contribution in [0.2, 0.25) is 0 Å². The van der Waals surface area contributed by atoms with Gasteiger partial charge in [-0.15, -0.1) is 0 Å². The lowest BCUT2D eigenvalue weighted by Gasteiger charge is -2.11.